The molecule has 0 N–H and O–H groups in total. The van der Waals surface area contributed by atoms with Gasteiger partial charge in [-0.05, 0) is 326 Å². The van der Waals surface area contributed by atoms with Gasteiger partial charge in [-0.2, -0.15) is 0 Å². The second-order valence-corrected chi connectivity index (χ2v) is 26.5. The van der Waals surface area contributed by atoms with Crippen LogP contribution in [0.15, 0.2) is 42.0 Å². The van der Waals surface area contributed by atoms with Crippen LogP contribution in [0.3, 0.4) is 0 Å². The molecule has 29 aromatic rings. The summed E-state index contributed by atoms with van der Waals surface area (Å²) in [5.41, 5.74) is 7.16. The van der Waals surface area contributed by atoms with Crippen molar-refractivity contribution >= 4 is 297 Å². The van der Waals surface area contributed by atoms with Crippen LogP contribution >= 0.6 is 0 Å². The number of hydrogen-bond acceptors (Lipinski definition) is 2. The Bertz CT molecular complexity index is 7410. The highest BCUT2D eigenvalue weighted by Crippen LogP contribution is 2.87. The first kappa shape index (κ1) is 28.2. The first-order valence-electron chi connectivity index (χ1n) is 27.5. The van der Waals surface area contributed by atoms with Crippen molar-refractivity contribution in [2.24, 2.45) is 0 Å². The van der Waals surface area contributed by atoms with Gasteiger partial charge < -0.3 is 4.74 Å². The lowest BCUT2D eigenvalue weighted by Gasteiger charge is -2.53. The van der Waals surface area contributed by atoms with Crippen LogP contribution in [0.5, 0.6) is 0 Å². The number of carbonyl (C=O) groups excluding carboxylic acids is 1. The summed E-state index contributed by atoms with van der Waals surface area (Å²) in [7, 11) is 0. The molecule has 0 aliphatic heterocycles. The molecule has 29 aromatic carbocycles. The molecule has 1 atom stereocenters. The van der Waals surface area contributed by atoms with Crippen molar-refractivity contribution in [3.05, 3.63) is 69.8 Å². The highest BCUT2D eigenvalue weighted by molar-refractivity contribution is 6.82. The maximum Gasteiger partial charge on any atom is 0.334 e. The molecule has 2 spiro atoms. The highest BCUT2D eigenvalue weighted by atomic mass is 16.5. The van der Waals surface area contributed by atoms with E-state index in [0.717, 1.165) is 5.57 Å². The van der Waals surface area contributed by atoms with Gasteiger partial charge in [-0.25, -0.2) is 4.79 Å². The SMILES string of the molecule is CCOC(=O)C1=CC23c4c5c6c7c8c9c(c%10c%11c2c2c4c4c%12c5c5c6c6c8c8c%13c9c9c%10c%10c%11c%11c2c2c4c4c%12c%12c5c5c6c8c6c8c%13c9c9c%10c%10c%11c2c2c4c4c%12c5c6c5c8c9c%10c2c45)C73C1c1ccccc1. The molecule has 2 heteroatoms. The van der Waals surface area contributed by atoms with Crippen molar-refractivity contribution in [1.29, 1.82) is 0 Å². The topological polar surface area (TPSA) is 26.3 Å². The van der Waals surface area contributed by atoms with Crippen LogP contribution in [0.2, 0.25) is 0 Å². The molecule has 74 heavy (non-hydrogen) atoms. The molecule has 0 fully saturated rings. The third kappa shape index (κ3) is 1.52. The summed E-state index contributed by atoms with van der Waals surface area (Å²) in [5, 5.41) is 85.9. The van der Waals surface area contributed by atoms with E-state index >= 15 is 4.79 Å². The van der Waals surface area contributed by atoms with Crippen LogP contribution in [0.1, 0.15) is 40.7 Å². The van der Waals surface area contributed by atoms with Crippen LogP contribution in [0.25, 0.3) is 291 Å². The lowest BCUT2D eigenvalue weighted by molar-refractivity contribution is -0.138. The molecule has 1 unspecified atom stereocenters. The molecule has 0 heterocycles. The van der Waals surface area contributed by atoms with E-state index in [9.17, 15) is 0 Å². The minimum atomic E-state index is -0.638. The number of rotatable bonds is 3. The standard InChI is InChI=1S/C72H12O2/c1-2-74-70(73)10-8-71-66-57-49-39-29-21-13-11-12-15-19-17(13)25-33-27(19)37-31-23(15)24-16(12)20-18-14(11)22(21)30-36-26(18)34-28(20)38-32(24)42-41(31)53-47(37)55-45(33)51(43(49)35(25)29)59(66)61(55)68-63(53)64-54(42)48(38)56-46(34)52-44(36)50(40(30)39)58(57)67(71)60(52)62(56)69(64)72(68,71)65(10)9-6-4-3-5-7-9/h3-8,65H,2H2,1H3. The number of esters is 1. The Balaban J connectivity index is 1.15. The van der Waals surface area contributed by atoms with Gasteiger partial charge in [0.25, 0.3) is 0 Å². The number of benzene rings is 19. The fourth-order valence-electron chi connectivity index (χ4n) is 26.2. The molecular weight excluding hydrogens is 897 g/mol. The van der Waals surface area contributed by atoms with Crippen molar-refractivity contribution in [3.8, 4) is 0 Å². The van der Waals surface area contributed by atoms with E-state index in [1.165, 1.54) is 5.56 Å². The lowest BCUT2D eigenvalue weighted by Crippen LogP contribution is -2.51. The first-order chi connectivity index (χ1) is 36.8. The predicted molar refractivity (Wildman–Crippen MR) is 308 cm³/mol. The largest absolute Gasteiger partial charge is 0.463 e. The number of hydrogen-bond donors (Lipinski definition) is 0. The molecule has 0 aromatic heterocycles. The van der Waals surface area contributed by atoms with Gasteiger partial charge in [-0.1, -0.05) is 36.4 Å². The molecule has 5 aliphatic carbocycles. The van der Waals surface area contributed by atoms with E-state index in [4.69, 9.17) is 4.74 Å². The molecule has 0 saturated carbocycles. The zero-order chi connectivity index (χ0) is 44.5. The monoisotopic (exact) mass is 908 g/mol. The van der Waals surface area contributed by atoms with E-state index in [1.54, 1.807) is 313 Å². The van der Waals surface area contributed by atoms with Gasteiger partial charge in [0.05, 0.1) is 17.4 Å². The summed E-state index contributed by atoms with van der Waals surface area (Å²) in [6, 6.07) is 11.5. The molecule has 0 saturated heterocycles. The van der Waals surface area contributed by atoms with E-state index in [0.29, 0.717) is 6.61 Å². The zero-order valence-corrected chi connectivity index (χ0v) is 38.1. The molecule has 5 aliphatic rings. The first-order valence-corrected chi connectivity index (χ1v) is 27.5. The van der Waals surface area contributed by atoms with Crippen molar-refractivity contribution in [2.75, 3.05) is 6.61 Å². The molecule has 312 valence electrons. The third-order valence-corrected chi connectivity index (χ3v) is 26.2. The van der Waals surface area contributed by atoms with Gasteiger partial charge in [-0.15, -0.1) is 0 Å². The van der Waals surface area contributed by atoms with Gasteiger partial charge in [-0.3, -0.25) is 0 Å². The average molecular weight is 909 g/mol. The fraction of sp³-hybridized carbons (Fsp3) is 0.0694. The van der Waals surface area contributed by atoms with Crippen LogP contribution in [0, 0.1) is 0 Å². The summed E-state index contributed by atoms with van der Waals surface area (Å²) in [4.78, 5) is 15.8. The summed E-state index contributed by atoms with van der Waals surface area (Å²) in [6.07, 6.45) is 2.66. The Morgan fingerprint density at radius 1 is 0.324 bits per heavy atom. The predicted octanol–water partition coefficient (Wildman–Crippen LogP) is 18.6. The Morgan fingerprint density at radius 3 is 0.770 bits per heavy atom. The Labute approximate surface area is 404 Å². The Morgan fingerprint density at radius 2 is 0.541 bits per heavy atom. The molecule has 0 amide bonds. The van der Waals surface area contributed by atoms with Gasteiger partial charge in [0.1, 0.15) is 0 Å². The minimum absolute atomic E-state index is 0.127. The number of ether oxygens (including phenoxy) is 1. The van der Waals surface area contributed by atoms with Crippen LogP contribution < -0.4 is 0 Å². The normalized spacial score (nSPS) is 22.8. The van der Waals surface area contributed by atoms with Crippen LogP contribution in [-0.4, -0.2) is 12.6 Å². The van der Waals surface area contributed by atoms with Crippen molar-refractivity contribution in [2.45, 2.75) is 23.7 Å². The quantitative estimate of drug-likeness (QED) is 0.130. The van der Waals surface area contributed by atoms with E-state index in [-0.39, 0.29) is 11.9 Å². The Hall–Kier alpha value is -9.11. The van der Waals surface area contributed by atoms with Gasteiger partial charge >= 0.3 is 5.97 Å². The molecular formula is C72H12O2. The smallest absolute Gasteiger partial charge is 0.334 e. The van der Waals surface area contributed by atoms with Crippen molar-refractivity contribution in [3.63, 3.8) is 0 Å². The maximum absolute atomic E-state index is 15.8. The molecule has 0 bridgehead atoms. The molecule has 0 radical (unpaired) electrons. The molecule has 2 nitrogen and oxygen atoms in total. The second kappa shape index (κ2) is 6.52. The van der Waals surface area contributed by atoms with E-state index in [2.05, 4.69) is 36.4 Å². The summed E-state index contributed by atoms with van der Waals surface area (Å²) >= 11 is 0. The highest BCUT2D eigenvalue weighted by Gasteiger charge is 2.75. The van der Waals surface area contributed by atoms with Gasteiger partial charge in [0, 0.05) is 11.5 Å². The summed E-state index contributed by atoms with van der Waals surface area (Å²) in [6.45, 7) is 2.37. The zero-order valence-electron chi connectivity index (χ0n) is 38.1. The number of allylic oxidation sites excluding steroid dienone is 1. The summed E-state index contributed by atoms with van der Waals surface area (Å²) < 4.78 is 6.48. The third-order valence-electron chi connectivity index (χ3n) is 26.2. The maximum atomic E-state index is 15.8. The van der Waals surface area contributed by atoms with Crippen molar-refractivity contribution in [1.82, 2.24) is 0 Å². The fourth-order valence-corrected chi connectivity index (χ4v) is 26.2. The average Bonchev–Trinajstić information content (AvgIpc) is 2.79. The number of carbonyl (C=O) groups is 1. The van der Waals surface area contributed by atoms with E-state index < -0.39 is 10.8 Å². The van der Waals surface area contributed by atoms with Gasteiger partial charge in [0.15, 0.2) is 0 Å². The summed E-state index contributed by atoms with van der Waals surface area (Å²) in [5.74, 6) is -0.379. The van der Waals surface area contributed by atoms with Crippen LogP contribution in [-0.2, 0) is 20.4 Å². The second-order valence-electron chi connectivity index (χ2n) is 26.5. The van der Waals surface area contributed by atoms with E-state index in [1.807, 2.05) is 6.92 Å². The Kier molecular flexibility index (Phi) is 2.49. The van der Waals surface area contributed by atoms with Crippen LogP contribution in [0.4, 0.5) is 0 Å². The molecule has 34 rings (SSSR count). The minimum Gasteiger partial charge on any atom is -0.463 e. The van der Waals surface area contributed by atoms with Crippen molar-refractivity contribution < 1.29 is 9.53 Å². The van der Waals surface area contributed by atoms with Gasteiger partial charge in [0.2, 0.25) is 0 Å². The lowest BCUT2D eigenvalue weighted by atomic mass is 9.47.